The normalized spacial score (nSPS) is 11.1. The van der Waals surface area contributed by atoms with Gasteiger partial charge in [-0.2, -0.15) is 14.0 Å². The van der Waals surface area contributed by atoms with Crippen molar-refractivity contribution >= 4 is 33.7 Å². The average Bonchev–Trinajstić information content (AvgIpc) is 3.37. The summed E-state index contributed by atoms with van der Waals surface area (Å²) in [5.74, 6) is 0.795. The summed E-state index contributed by atoms with van der Waals surface area (Å²) in [5.41, 5.74) is 4.80. The Balaban J connectivity index is 1.16. The summed E-state index contributed by atoms with van der Waals surface area (Å²) in [4.78, 5) is 3.28. The fraction of sp³-hybridized carbons (Fsp3) is 0.286. The Labute approximate surface area is 167 Å². The number of rotatable bonds is 9. The molecule has 2 N–H and O–H groups in total. The highest BCUT2D eigenvalue weighted by atomic mass is 32.1. The van der Waals surface area contributed by atoms with Crippen LogP contribution in [0.1, 0.15) is 24.0 Å². The molecule has 7 heteroatoms. The predicted octanol–water partition coefficient (Wildman–Crippen LogP) is 4.04. The molecule has 0 bridgehead atoms. The number of aryl methyl sites for hydroxylation is 1. The van der Waals surface area contributed by atoms with E-state index in [1.54, 1.807) is 0 Å². The second kappa shape index (κ2) is 8.83. The second-order valence-electron chi connectivity index (χ2n) is 6.63. The van der Waals surface area contributed by atoms with Gasteiger partial charge >= 0.3 is 0 Å². The molecule has 0 saturated carbocycles. The molecule has 2 aromatic carbocycles. The summed E-state index contributed by atoms with van der Waals surface area (Å²) in [6, 6.07) is 13.8. The number of H-pyrrole nitrogens is 1. The van der Waals surface area contributed by atoms with Crippen molar-refractivity contribution in [2.24, 2.45) is 0 Å². The quantitative estimate of drug-likeness (QED) is 0.421. The second-order valence-corrected chi connectivity index (χ2v) is 7.16. The van der Waals surface area contributed by atoms with Crippen LogP contribution in [-0.4, -0.2) is 33.4 Å². The lowest BCUT2D eigenvalue weighted by Crippen LogP contribution is -2.22. The number of nitrogens with zero attached hydrogens (tertiary/aromatic N) is 3. The minimum Gasteiger partial charge on any atom is -0.490 e. The van der Waals surface area contributed by atoms with Gasteiger partial charge in [0.2, 0.25) is 0 Å². The third-order valence-electron chi connectivity index (χ3n) is 4.73. The molecule has 6 nitrogen and oxygen atoms in total. The molecule has 0 unspecified atom stereocenters. The number of aromatic amines is 1. The standard InChI is InChI=1S/C21H21N5OS/c22-13-15-7-8-18-17(12-15)16(14-24-18)4-1-2-9-23-10-11-27-20-6-3-5-19-21(20)26-28-25-19/h3,5-8,12,14,23-24H,1-2,4,9-11H2. The van der Waals surface area contributed by atoms with Gasteiger partial charge in [0, 0.05) is 23.6 Å². The Kier molecular flexibility index (Phi) is 5.80. The summed E-state index contributed by atoms with van der Waals surface area (Å²) in [5, 5.41) is 13.7. The van der Waals surface area contributed by atoms with Gasteiger partial charge in [-0.25, -0.2) is 0 Å². The molecule has 142 valence electrons. The van der Waals surface area contributed by atoms with Gasteiger partial charge in [-0.15, -0.1) is 0 Å². The minimum absolute atomic E-state index is 0.607. The third-order valence-corrected chi connectivity index (χ3v) is 5.27. The van der Waals surface area contributed by atoms with Crippen LogP contribution >= 0.6 is 11.7 Å². The minimum atomic E-state index is 0.607. The number of hydrogen-bond acceptors (Lipinski definition) is 6. The molecule has 28 heavy (non-hydrogen) atoms. The van der Waals surface area contributed by atoms with E-state index in [2.05, 4.69) is 31.3 Å². The lowest BCUT2D eigenvalue weighted by atomic mass is 10.1. The molecule has 0 fully saturated rings. The number of fused-ring (bicyclic) bond motifs is 2. The molecule has 4 rings (SSSR count). The first-order valence-electron chi connectivity index (χ1n) is 9.40. The molecule has 0 amide bonds. The summed E-state index contributed by atoms with van der Waals surface area (Å²) in [7, 11) is 0. The van der Waals surface area contributed by atoms with E-state index in [9.17, 15) is 0 Å². The molecule has 0 saturated heterocycles. The highest BCUT2D eigenvalue weighted by Crippen LogP contribution is 2.23. The molecular formula is C21H21N5OS. The van der Waals surface area contributed by atoms with Crippen LogP contribution in [0.2, 0.25) is 0 Å². The van der Waals surface area contributed by atoms with Crippen LogP contribution in [0.3, 0.4) is 0 Å². The van der Waals surface area contributed by atoms with Crippen LogP contribution in [0, 0.1) is 11.3 Å². The van der Waals surface area contributed by atoms with E-state index in [1.165, 1.54) is 17.3 Å². The van der Waals surface area contributed by atoms with Crippen molar-refractivity contribution in [1.82, 2.24) is 19.0 Å². The summed E-state index contributed by atoms with van der Waals surface area (Å²) >= 11 is 1.21. The van der Waals surface area contributed by atoms with Crippen LogP contribution in [0.5, 0.6) is 5.75 Å². The van der Waals surface area contributed by atoms with E-state index >= 15 is 0 Å². The number of unbranched alkanes of at least 4 members (excludes halogenated alkanes) is 1. The van der Waals surface area contributed by atoms with Crippen LogP contribution in [0.4, 0.5) is 0 Å². The molecule has 0 aliphatic rings. The van der Waals surface area contributed by atoms with Gasteiger partial charge < -0.3 is 15.0 Å². The highest BCUT2D eigenvalue weighted by Gasteiger charge is 2.06. The van der Waals surface area contributed by atoms with Gasteiger partial charge in [0.25, 0.3) is 0 Å². The molecule has 0 spiro atoms. The first-order chi connectivity index (χ1) is 13.8. The van der Waals surface area contributed by atoms with Crippen molar-refractivity contribution in [3.8, 4) is 11.8 Å². The van der Waals surface area contributed by atoms with E-state index < -0.39 is 0 Å². The molecular weight excluding hydrogens is 370 g/mol. The molecule has 0 aliphatic heterocycles. The van der Waals surface area contributed by atoms with Gasteiger partial charge in [0.05, 0.1) is 23.4 Å². The number of hydrogen-bond donors (Lipinski definition) is 2. The Bertz CT molecular complexity index is 1110. The predicted molar refractivity (Wildman–Crippen MR) is 112 cm³/mol. The Morgan fingerprint density at radius 2 is 2.11 bits per heavy atom. The van der Waals surface area contributed by atoms with Gasteiger partial charge in [-0.3, -0.25) is 0 Å². The van der Waals surface area contributed by atoms with Crippen LogP contribution in [0.15, 0.2) is 42.6 Å². The summed E-state index contributed by atoms with van der Waals surface area (Å²) in [6.07, 6.45) is 5.25. The first-order valence-corrected chi connectivity index (χ1v) is 10.1. The van der Waals surface area contributed by atoms with Crippen molar-refractivity contribution in [2.75, 3.05) is 19.7 Å². The molecule has 0 radical (unpaired) electrons. The smallest absolute Gasteiger partial charge is 0.148 e. The average molecular weight is 392 g/mol. The van der Waals surface area contributed by atoms with Crippen molar-refractivity contribution in [2.45, 2.75) is 19.3 Å². The van der Waals surface area contributed by atoms with Crippen LogP contribution in [-0.2, 0) is 6.42 Å². The van der Waals surface area contributed by atoms with Crippen LogP contribution in [0.25, 0.3) is 21.9 Å². The zero-order valence-electron chi connectivity index (χ0n) is 15.4. The van der Waals surface area contributed by atoms with Crippen LogP contribution < -0.4 is 10.1 Å². The molecule has 2 aromatic heterocycles. The van der Waals surface area contributed by atoms with Crippen molar-refractivity contribution in [3.05, 3.63) is 53.7 Å². The Morgan fingerprint density at radius 1 is 1.14 bits per heavy atom. The number of ether oxygens (including phenoxy) is 1. The van der Waals surface area contributed by atoms with Crippen molar-refractivity contribution in [3.63, 3.8) is 0 Å². The molecule has 0 aliphatic carbocycles. The van der Waals surface area contributed by atoms with Gasteiger partial charge in [0.1, 0.15) is 23.4 Å². The fourth-order valence-corrected chi connectivity index (χ4v) is 3.82. The molecule has 0 atom stereocenters. The van der Waals surface area contributed by atoms with E-state index in [0.29, 0.717) is 12.2 Å². The maximum atomic E-state index is 9.07. The first kappa shape index (κ1) is 18.4. The number of nitriles is 1. The SMILES string of the molecule is N#Cc1ccc2[nH]cc(CCCCNCCOc3cccc4nsnc34)c2c1. The van der Waals surface area contributed by atoms with Crippen molar-refractivity contribution < 1.29 is 4.74 Å². The third kappa shape index (κ3) is 4.14. The van der Waals surface area contributed by atoms with Gasteiger partial charge in [0.15, 0.2) is 0 Å². The molecule has 4 aromatic rings. The monoisotopic (exact) mass is 391 g/mol. The Hall–Kier alpha value is -2.95. The maximum absolute atomic E-state index is 9.07. The molecule has 2 heterocycles. The fourth-order valence-electron chi connectivity index (χ4n) is 3.28. The highest BCUT2D eigenvalue weighted by molar-refractivity contribution is 7.00. The summed E-state index contributed by atoms with van der Waals surface area (Å²) in [6.45, 7) is 2.36. The summed E-state index contributed by atoms with van der Waals surface area (Å²) < 4.78 is 14.3. The maximum Gasteiger partial charge on any atom is 0.148 e. The van der Waals surface area contributed by atoms with E-state index in [0.717, 1.165) is 60.0 Å². The topological polar surface area (TPSA) is 86.6 Å². The van der Waals surface area contributed by atoms with Crippen molar-refractivity contribution in [1.29, 1.82) is 5.26 Å². The van der Waals surface area contributed by atoms with Gasteiger partial charge in [-0.05, 0) is 61.7 Å². The number of benzene rings is 2. The number of aromatic nitrogens is 3. The van der Waals surface area contributed by atoms with E-state index in [-0.39, 0.29) is 0 Å². The number of nitrogens with one attached hydrogen (secondary N) is 2. The lowest BCUT2D eigenvalue weighted by Gasteiger charge is -2.08. The zero-order valence-corrected chi connectivity index (χ0v) is 16.3. The largest absolute Gasteiger partial charge is 0.490 e. The van der Waals surface area contributed by atoms with Gasteiger partial charge in [-0.1, -0.05) is 6.07 Å². The van der Waals surface area contributed by atoms with E-state index in [1.807, 2.05) is 36.4 Å². The lowest BCUT2D eigenvalue weighted by molar-refractivity contribution is 0.316. The Morgan fingerprint density at radius 3 is 3.04 bits per heavy atom. The zero-order chi connectivity index (χ0) is 19.2. The van der Waals surface area contributed by atoms with E-state index in [4.69, 9.17) is 10.00 Å².